The van der Waals surface area contributed by atoms with E-state index in [2.05, 4.69) is 0 Å². The molecule has 0 aromatic rings. The van der Waals surface area contributed by atoms with Crippen LogP contribution in [0.15, 0.2) is 0 Å². The van der Waals surface area contributed by atoms with E-state index in [-0.39, 0.29) is 30.4 Å². The Morgan fingerprint density at radius 1 is 1.20 bits per heavy atom. The quantitative estimate of drug-likeness (QED) is 0.703. The lowest BCUT2D eigenvalue weighted by Gasteiger charge is -2.16. The second-order valence-corrected chi connectivity index (χ2v) is 2.88. The Bertz CT molecular complexity index is 61.3. The van der Waals surface area contributed by atoms with Gasteiger partial charge in [0.25, 0.3) is 0 Å². The van der Waals surface area contributed by atoms with Crippen molar-refractivity contribution in [1.82, 2.24) is 0 Å². The normalized spacial score (nSPS) is 9.60. The van der Waals surface area contributed by atoms with E-state index in [0.717, 1.165) is 19.4 Å². The predicted octanol–water partition coefficient (Wildman–Crippen LogP) is 1.31. The van der Waals surface area contributed by atoms with Crippen LogP contribution in [0.5, 0.6) is 0 Å². The van der Waals surface area contributed by atoms with Crippen LogP contribution >= 0.6 is 24.8 Å². The van der Waals surface area contributed by atoms with E-state index >= 15 is 0 Å². The van der Waals surface area contributed by atoms with Crippen LogP contribution in [0.1, 0.15) is 26.7 Å². The van der Waals surface area contributed by atoms with Crippen LogP contribution in [0.3, 0.4) is 0 Å². The van der Waals surface area contributed by atoms with Crippen LogP contribution in [0.4, 0.5) is 0 Å². The smallest absolute Gasteiger partial charge is 0.00975 e. The molecule has 0 aliphatic heterocycles. The second-order valence-electron chi connectivity index (χ2n) is 2.88. The molecule has 0 spiro atoms. The number of hydrogen-bond acceptors (Lipinski definition) is 2. The van der Waals surface area contributed by atoms with Crippen LogP contribution in [-0.2, 0) is 0 Å². The topological polar surface area (TPSA) is 52.0 Å². The highest BCUT2D eigenvalue weighted by atomic mass is 35.5. The molecular formula is C6H18Cl2N2. The summed E-state index contributed by atoms with van der Waals surface area (Å²) >= 11 is 0. The van der Waals surface area contributed by atoms with Gasteiger partial charge in [0.15, 0.2) is 0 Å². The summed E-state index contributed by atoms with van der Waals surface area (Å²) in [5.41, 5.74) is 10.9. The van der Waals surface area contributed by atoms with Gasteiger partial charge in [-0.25, -0.2) is 0 Å². The molecule has 0 heterocycles. The third kappa shape index (κ3) is 15.8. The maximum absolute atomic E-state index is 5.67. The van der Waals surface area contributed by atoms with Crippen LogP contribution in [0.25, 0.3) is 0 Å². The minimum Gasteiger partial charge on any atom is -0.330 e. The van der Waals surface area contributed by atoms with Crippen molar-refractivity contribution in [2.75, 3.05) is 6.54 Å². The van der Waals surface area contributed by atoms with E-state index in [4.69, 9.17) is 11.5 Å². The van der Waals surface area contributed by atoms with Crippen molar-refractivity contribution in [2.45, 2.75) is 32.2 Å². The van der Waals surface area contributed by atoms with E-state index in [1.54, 1.807) is 0 Å². The van der Waals surface area contributed by atoms with Gasteiger partial charge in [-0.05, 0) is 33.2 Å². The summed E-state index contributed by atoms with van der Waals surface area (Å²) in [5.74, 6) is 0. The first kappa shape index (κ1) is 16.8. The molecule has 2 nitrogen and oxygen atoms in total. The van der Waals surface area contributed by atoms with Gasteiger partial charge in [0, 0.05) is 5.54 Å². The molecule has 0 aliphatic rings. The molecule has 0 atom stereocenters. The highest BCUT2D eigenvalue weighted by Crippen LogP contribution is 2.04. The highest BCUT2D eigenvalue weighted by molar-refractivity contribution is 5.85. The molecule has 0 fully saturated rings. The van der Waals surface area contributed by atoms with E-state index in [9.17, 15) is 0 Å². The van der Waals surface area contributed by atoms with E-state index in [1.165, 1.54) is 0 Å². The Hall–Kier alpha value is 0.500. The van der Waals surface area contributed by atoms with Gasteiger partial charge in [-0.2, -0.15) is 0 Å². The summed E-state index contributed by atoms with van der Waals surface area (Å²) in [5, 5.41) is 0. The molecule has 0 aromatic carbocycles. The number of halogens is 2. The van der Waals surface area contributed by atoms with Gasteiger partial charge in [0.1, 0.15) is 0 Å². The molecular weight excluding hydrogens is 171 g/mol. The summed E-state index contributed by atoms with van der Waals surface area (Å²) in [6.07, 6.45) is 2.05. The zero-order chi connectivity index (χ0) is 6.62. The van der Waals surface area contributed by atoms with E-state index in [0.29, 0.717) is 0 Å². The third-order valence-electron chi connectivity index (χ3n) is 1.03. The van der Waals surface area contributed by atoms with Gasteiger partial charge >= 0.3 is 0 Å². The average molecular weight is 189 g/mol. The van der Waals surface area contributed by atoms with Crippen LogP contribution in [0.2, 0.25) is 0 Å². The van der Waals surface area contributed by atoms with Crippen LogP contribution in [0, 0.1) is 0 Å². The molecule has 0 unspecified atom stereocenters. The van der Waals surface area contributed by atoms with Gasteiger partial charge in [0.05, 0.1) is 0 Å². The van der Waals surface area contributed by atoms with Crippen molar-refractivity contribution in [2.24, 2.45) is 11.5 Å². The lowest BCUT2D eigenvalue weighted by molar-refractivity contribution is 0.462. The molecule has 4 N–H and O–H groups in total. The van der Waals surface area contributed by atoms with E-state index < -0.39 is 0 Å². The van der Waals surface area contributed by atoms with Crippen LogP contribution < -0.4 is 11.5 Å². The monoisotopic (exact) mass is 188 g/mol. The minimum absolute atomic E-state index is 0. The molecule has 0 aromatic heterocycles. The average Bonchev–Trinajstić information content (AvgIpc) is 1.59. The van der Waals surface area contributed by atoms with Crippen molar-refractivity contribution in [3.05, 3.63) is 0 Å². The Balaban J connectivity index is -0.000000245. The molecule has 0 saturated carbocycles. The summed E-state index contributed by atoms with van der Waals surface area (Å²) in [6, 6.07) is 0. The predicted molar refractivity (Wildman–Crippen MR) is 51.1 cm³/mol. The Kier molecular flexibility index (Phi) is 12.8. The first-order chi connectivity index (χ1) is 3.56. The lowest BCUT2D eigenvalue weighted by atomic mass is 10.0. The van der Waals surface area contributed by atoms with Gasteiger partial charge in [-0.1, -0.05) is 0 Å². The molecule has 0 rings (SSSR count). The molecule has 66 valence electrons. The molecule has 10 heavy (non-hydrogen) atoms. The molecule has 0 saturated heterocycles. The minimum atomic E-state index is -0.0284. The van der Waals surface area contributed by atoms with Gasteiger partial charge in [-0.15, -0.1) is 24.8 Å². The fourth-order valence-corrected chi connectivity index (χ4v) is 0.558. The zero-order valence-electron chi connectivity index (χ0n) is 6.59. The first-order valence-corrected chi connectivity index (χ1v) is 3.05. The number of rotatable bonds is 3. The maximum Gasteiger partial charge on any atom is 0.00975 e. The van der Waals surface area contributed by atoms with Crippen molar-refractivity contribution >= 4 is 24.8 Å². The molecule has 4 heteroatoms. The lowest BCUT2D eigenvalue weighted by Crippen LogP contribution is -2.32. The molecule has 0 aliphatic carbocycles. The number of hydrogen-bond donors (Lipinski definition) is 2. The van der Waals surface area contributed by atoms with E-state index in [1.807, 2.05) is 13.8 Å². The summed E-state index contributed by atoms with van der Waals surface area (Å²) in [6.45, 7) is 4.78. The fourth-order valence-electron chi connectivity index (χ4n) is 0.558. The first-order valence-electron chi connectivity index (χ1n) is 3.05. The largest absolute Gasteiger partial charge is 0.330 e. The Morgan fingerprint density at radius 3 is 1.70 bits per heavy atom. The Labute approximate surface area is 75.5 Å². The Morgan fingerprint density at radius 2 is 1.60 bits per heavy atom. The molecule has 0 bridgehead atoms. The summed E-state index contributed by atoms with van der Waals surface area (Å²) in [7, 11) is 0. The second kappa shape index (κ2) is 7.61. The van der Waals surface area contributed by atoms with Crippen molar-refractivity contribution in [1.29, 1.82) is 0 Å². The van der Waals surface area contributed by atoms with Crippen molar-refractivity contribution < 1.29 is 0 Å². The zero-order valence-corrected chi connectivity index (χ0v) is 8.23. The van der Waals surface area contributed by atoms with Gasteiger partial charge in [0.2, 0.25) is 0 Å². The summed E-state index contributed by atoms with van der Waals surface area (Å²) < 4.78 is 0. The van der Waals surface area contributed by atoms with Gasteiger partial charge < -0.3 is 11.5 Å². The maximum atomic E-state index is 5.67. The number of nitrogens with two attached hydrogens (primary N) is 2. The third-order valence-corrected chi connectivity index (χ3v) is 1.03. The SMILES string of the molecule is CC(C)(N)CCCN.Cl.Cl. The van der Waals surface area contributed by atoms with Gasteiger partial charge in [-0.3, -0.25) is 0 Å². The molecule has 0 amide bonds. The fraction of sp³-hybridized carbons (Fsp3) is 1.00. The van der Waals surface area contributed by atoms with Crippen LogP contribution in [-0.4, -0.2) is 12.1 Å². The molecule has 0 radical (unpaired) electrons. The standard InChI is InChI=1S/C6H16N2.2ClH/c1-6(2,8)4-3-5-7;;/h3-5,7-8H2,1-2H3;2*1H. The van der Waals surface area contributed by atoms with Crippen molar-refractivity contribution in [3.63, 3.8) is 0 Å². The highest BCUT2D eigenvalue weighted by Gasteiger charge is 2.07. The summed E-state index contributed by atoms with van der Waals surface area (Å²) in [4.78, 5) is 0. The van der Waals surface area contributed by atoms with Crippen molar-refractivity contribution in [3.8, 4) is 0 Å².